The van der Waals surface area contributed by atoms with E-state index in [2.05, 4.69) is 48.5 Å². The molecule has 0 heterocycles. The second-order valence-electron chi connectivity index (χ2n) is 3.18. The predicted octanol–water partition coefficient (Wildman–Crippen LogP) is 0.529. The topological polar surface area (TPSA) is 86.2 Å². The van der Waals surface area contributed by atoms with Gasteiger partial charge in [-0.2, -0.15) is 7.82 Å². The SMILES string of the molecule is O=P([O-])([O-])[O-].[Ce+3].c1ccc(-c2ccccc2)cc1. The molecule has 2 rings (SSSR count). The molecular formula is C12H10CeO4P. The van der Waals surface area contributed by atoms with Gasteiger partial charge in [-0.1, -0.05) is 60.7 Å². The minimum atomic E-state index is -5.39. The van der Waals surface area contributed by atoms with Crippen molar-refractivity contribution < 1.29 is 61.0 Å². The Balaban J connectivity index is 0.000000421. The largest absolute Gasteiger partial charge is 3.00 e. The Kier molecular flexibility index (Phi) is 8.89. The van der Waals surface area contributed by atoms with Crippen LogP contribution in [0.2, 0.25) is 0 Å². The van der Waals surface area contributed by atoms with Crippen LogP contribution in [0, 0.1) is 41.7 Å². The van der Waals surface area contributed by atoms with Crippen LogP contribution in [-0.4, -0.2) is 0 Å². The van der Waals surface area contributed by atoms with Gasteiger partial charge in [0.1, 0.15) is 0 Å². The molecule has 4 nitrogen and oxygen atoms in total. The van der Waals surface area contributed by atoms with Crippen LogP contribution in [0.25, 0.3) is 11.1 Å². The van der Waals surface area contributed by atoms with Gasteiger partial charge >= 0.3 is 41.7 Å². The summed E-state index contributed by atoms with van der Waals surface area (Å²) < 4.78 is 8.55. The Morgan fingerprint density at radius 1 is 0.667 bits per heavy atom. The number of hydrogen-bond donors (Lipinski definition) is 0. The summed E-state index contributed by atoms with van der Waals surface area (Å²) in [4.78, 5) is 25.6. The molecule has 0 aliphatic heterocycles. The monoisotopic (exact) mass is 389 g/mol. The Labute approximate surface area is 139 Å². The van der Waals surface area contributed by atoms with Gasteiger partial charge < -0.3 is 19.2 Å². The number of phosphoric acid groups is 1. The van der Waals surface area contributed by atoms with Gasteiger partial charge in [-0.25, -0.2) is 0 Å². The fraction of sp³-hybridized carbons (Fsp3) is 0. The van der Waals surface area contributed by atoms with Crippen molar-refractivity contribution in [1.82, 2.24) is 0 Å². The Morgan fingerprint density at radius 3 is 1.11 bits per heavy atom. The van der Waals surface area contributed by atoms with Gasteiger partial charge in [0.05, 0.1) is 0 Å². The average Bonchev–Trinajstić information content (AvgIpc) is 2.29. The van der Waals surface area contributed by atoms with E-state index >= 15 is 0 Å². The van der Waals surface area contributed by atoms with Gasteiger partial charge in [0.25, 0.3) is 0 Å². The summed E-state index contributed by atoms with van der Waals surface area (Å²) in [5.41, 5.74) is 2.55. The van der Waals surface area contributed by atoms with Gasteiger partial charge in [0.15, 0.2) is 0 Å². The Hall–Kier alpha value is -0.0734. The van der Waals surface area contributed by atoms with Crippen LogP contribution in [0.4, 0.5) is 0 Å². The molecule has 0 fully saturated rings. The van der Waals surface area contributed by atoms with Crippen LogP contribution in [0.5, 0.6) is 0 Å². The third-order valence-corrected chi connectivity index (χ3v) is 1.88. The van der Waals surface area contributed by atoms with E-state index in [9.17, 15) is 0 Å². The normalized spacial score (nSPS) is 9.72. The first-order valence-corrected chi connectivity index (χ1v) is 6.26. The molecule has 2 aromatic carbocycles. The smallest absolute Gasteiger partial charge is 0.822 e. The van der Waals surface area contributed by atoms with E-state index in [1.54, 1.807) is 0 Å². The van der Waals surface area contributed by atoms with Crippen molar-refractivity contribution in [3.63, 3.8) is 0 Å². The molecule has 91 valence electrons. The zero-order chi connectivity index (χ0) is 12.7. The molecule has 0 spiro atoms. The van der Waals surface area contributed by atoms with Gasteiger partial charge in [-0.15, -0.1) is 0 Å². The van der Waals surface area contributed by atoms with Crippen molar-refractivity contribution in [2.24, 2.45) is 0 Å². The maximum atomic E-state index is 8.55. The first-order chi connectivity index (χ1) is 7.97. The molecule has 1 radical (unpaired) electrons. The van der Waals surface area contributed by atoms with Crippen LogP contribution in [0.3, 0.4) is 0 Å². The van der Waals surface area contributed by atoms with E-state index in [1.165, 1.54) is 11.1 Å². The van der Waals surface area contributed by atoms with Gasteiger partial charge in [-0.05, 0) is 11.1 Å². The zero-order valence-corrected chi connectivity index (χ0v) is 13.4. The van der Waals surface area contributed by atoms with E-state index in [1.807, 2.05) is 12.1 Å². The van der Waals surface area contributed by atoms with Crippen LogP contribution >= 0.6 is 7.82 Å². The minimum Gasteiger partial charge on any atom is -0.822 e. The third-order valence-electron chi connectivity index (χ3n) is 1.88. The molecule has 0 N–H and O–H groups in total. The maximum Gasteiger partial charge on any atom is 3.00 e. The Morgan fingerprint density at radius 2 is 0.889 bits per heavy atom. The summed E-state index contributed by atoms with van der Waals surface area (Å²) in [6.07, 6.45) is 0. The molecule has 2 aromatic rings. The average molecular weight is 389 g/mol. The van der Waals surface area contributed by atoms with E-state index in [-0.39, 0.29) is 41.7 Å². The van der Waals surface area contributed by atoms with Crippen molar-refractivity contribution in [2.75, 3.05) is 0 Å². The molecule has 0 amide bonds. The summed E-state index contributed by atoms with van der Waals surface area (Å²) in [6, 6.07) is 20.8. The van der Waals surface area contributed by atoms with Crippen LogP contribution in [0.15, 0.2) is 60.7 Å². The predicted molar refractivity (Wildman–Crippen MR) is 59.5 cm³/mol. The molecule has 6 heteroatoms. The first-order valence-electron chi connectivity index (χ1n) is 4.80. The van der Waals surface area contributed by atoms with Crippen molar-refractivity contribution >= 4 is 7.82 Å². The number of hydrogen-bond acceptors (Lipinski definition) is 4. The fourth-order valence-corrected chi connectivity index (χ4v) is 1.26. The quantitative estimate of drug-likeness (QED) is 0.666. The molecule has 18 heavy (non-hydrogen) atoms. The van der Waals surface area contributed by atoms with E-state index in [0.717, 1.165) is 0 Å². The third kappa shape index (κ3) is 8.94. The second-order valence-corrected chi connectivity index (χ2v) is 4.07. The summed E-state index contributed by atoms with van der Waals surface area (Å²) >= 11 is 0. The van der Waals surface area contributed by atoms with E-state index in [4.69, 9.17) is 19.2 Å². The maximum absolute atomic E-state index is 8.55. The zero-order valence-electron chi connectivity index (χ0n) is 9.35. The number of rotatable bonds is 1. The minimum absolute atomic E-state index is 0. The van der Waals surface area contributed by atoms with Crippen molar-refractivity contribution in [2.45, 2.75) is 0 Å². The fourth-order valence-electron chi connectivity index (χ4n) is 1.26. The second kappa shape index (κ2) is 8.93. The number of benzene rings is 2. The van der Waals surface area contributed by atoms with E-state index < -0.39 is 7.82 Å². The van der Waals surface area contributed by atoms with Gasteiger partial charge in [0.2, 0.25) is 0 Å². The molecule has 0 atom stereocenters. The molecule has 0 bridgehead atoms. The van der Waals surface area contributed by atoms with Crippen LogP contribution < -0.4 is 14.7 Å². The summed E-state index contributed by atoms with van der Waals surface area (Å²) in [7, 11) is -5.39. The van der Waals surface area contributed by atoms with Crippen molar-refractivity contribution in [3.8, 4) is 11.1 Å². The molecule has 0 aliphatic carbocycles. The molecule has 0 aliphatic rings. The van der Waals surface area contributed by atoms with Gasteiger partial charge in [-0.3, -0.25) is 0 Å². The van der Waals surface area contributed by atoms with Crippen molar-refractivity contribution in [3.05, 3.63) is 60.7 Å². The van der Waals surface area contributed by atoms with Gasteiger partial charge in [0, 0.05) is 0 Å². The molecule has 0 unspecified atom stereocenters. The van der Waals surface area contributed by atoms with Crippen molar-refractivity contribution in [1.29, 1.82) is 0 Å². The first kappa shape index (κ1) is 17.9. The molecule has 0 saturated heterocycles. The summed E-state index contributed by atoms with van der Waals surface area (Å²) in [5, 5.41) is 0. The standard InChI is InChI=1S/C12H10.Ce.H3O4P/c1-3-7-11(8-4-1)12-9-5-2-6-10-12;;1-5(2,3)4/h1-10H;;(H3,1,2,3,4)/q;+3;/p-3. The summed E-state index contributed by atoms with van der Waals surface area (Å²) in [5.74, 6) is 0. The Bertz CT molecular complexity index is 438. The van der Waals surface area contributed by atoms with Crippen LogP contribution in [0.1, 0.15) is 0 Å². The molecule has 0 aromatic heterocycles. The van der Waals surface area contributed by atoms with E-state index in [0.29, 0.717) is 0 Å². The molecular weight excluding hydrogens is 379 g/mol. The molecule has 0 saturated carbocycles. The van der Waals surface area contributed by atoms with Crippen LogP contribution in [-0.2, 0) is 4.57 Å². The summed E-state index contributed by atoms with van der Waals surface area (Å²) in [6.45, 7) is 0.